The monoisotopic (exact) mass is 330 g/mol. The van der Waals surface area contributed by atoms with Crippen LogP contribution in [0.4, 0.5) is 11.8 Å². The van der Waals surface area contributed by atoms with Crippen molar-refractivity contribution in [1.29, 1.82) is 0 Å². The molecule has 0 radical (unpaired) electrons. The number of thiophene rings is 1. The fraction of sp³-hybridized carbons (Fsp3) is 0.455. The van der Waals surface area contributed by atoms with Crippen molar-refractivity contribution in [3.8, 4) is 0 Å². The van der Waals surface area contributed by atoms with Gasteiger partial charge in [0.25, 0.3) is 0 Å². The Morgan fingerprint density at radius 3 is 2.71 bits per heavy atom. The Labute approximate surface area is 127 Å². The molecule has 0 amide bonds. The zero-order valence-electron chi connectivity index (χ0n) is 12.0. The topological polar surface area (TPSA) is 122 Å². The highest BCUT2D eigenvalue weighted by Gasteiger charge is 2.22. The maximum absolute atomic E-state index is 11.3. The van der Waals surface area contributed by atoms with Crippen LogP contribution in [0.2, 0.25) is 0 Å². The lowest BCUT2D eigenvalue weighted by atomic mass is 10.1. The van der Waals surface area contributed by atoms with Gasteiger partial charge in [0.05, 0.1) is 11.6 Å². The number of nitrogens with one attached hydrogen (secondary N) is 3. The molecule has 0 saturated heterocycles. The van der Waals surface area contributed by atoms with E-state index in [1.54, 1.807) is 13.8 Å². The maximum Gasteiger partial charge on any atom is 0.240 e. The Morgan fingerprint density at radius 2 is 2.10 bits per heavy atom. The summed E-state index contributed by atoms with van der Waals surface area (Å²) < 4.78 is 25.2. The van der Waals surface area contributed by atoms with E-state index >= 15 is 0 Å². The van der Waals surface area contributed by atoms with Crippen LogP contribution >= 0.6 is 11.3 Å². The van der Waals surface area contributed by atoms with Gasteiger partial charge in [0, 0.05) is 12.1 Å². The highest BCUT2D eigenvalue weighted by molar-refractivity contribution is 7.88. The van der Waals surface area contributed by atoms with Crippen LogP contribution < -0.4 is 21.3 Å². The highest BCUT2D eigenvalue weighted by Crippen LogP contribution is 2.26. The molecule has 0 saturated carbocycles. The van der Waals surface area contributed by atoms with Crippen molar-refractivity contribution in [1.82, 2.24) is 14.7 Å². The minimum atomic E-state index is -3.28. The van der Waals surface area contributed by atoms with Crippen molar-refractivity contribution in [2.24, 2.45) is 5.84 Å². The normalized spacial score (nSPS) is 12.6. The molecule has 0 aliphatic rings. The predicted octanol–water partition coefficient (Wildman–Crippen LogP) is 0.717. The number of hydrogen-bond donors (Lipinski definition) is 4. The van der Waals surface area contributed by atoms with E-state index in [9.17, 15) is 8.42 Å². The number of anilines is 2. The molecule has 2 aromatic heterocycles. The van der Waals surface area contributed by atoms with Crippen LogP contribution in [0.3, 0.4) is 0 Å². The largest absolute Gasteiger partial charge is 0.367 e. The molecule has 0 fully saturated rings. The molecule has 0 bridgehead atoms. The molecule has 21 heavy (non-hydrogen) atoms. The van der Waals surface area contributed by atoms with Gasteiger partial charge in [-0.3, -0.25) is 5.43 Å². The second-order valence-corrected chi connectivity index (χ2v) is 7.93. The summed E-state index contributed by atoms with van der Waals surface area (Å²) in [5.41, 5.74) is 1.76. The van der Waals surface area contributed by atoms with Crippen LogP contribution in [0.5, 0.6) is 0 Å². The second kappa shape index (κ2) is 5.72. The predicted molar refractivity (Wildman–Crippen MR) is 85.8 cm³/mol. The zero-order valence-corrected chi connectivity index (χ0v) is 13.6. The molecule has 116 valence electrons. The summed E-state index contributed by atoms with van der Waals surface area (Å²) in [6.07, 6.45) is 1.13. The fourth-order valence-corrected chi connectivity index (χ4v) is 3.74. The van der Waals surface area contributed by atoms with Crippen LogP contribution in [-0.2, 0) is 10.0 Å². The third kappa shape index (κ3) is 4.24. The third-order valence-electron chi connectivity index (χ3n) is 2.61. The first-order valence-corrected chi connectivity index (χ1v) is 8.92. The molecule has 10 heteroatoms. The van der Waals surface area contributed by atoms with Gasteiger partial charge in [-0.05, 0) is 25.3 Å². The Hall–Kier alpha value is -1.49. The summed E-state index contributed by atoms with van der Waals surface area (Å²) >= 11 is 1.48. The molecule has 2 heterocycles. The standard InChI is InChI=1S/C11H18N6O2S2/c1-11(2,17-21(3,18)19)6-13-8-7-4-5-20-9(7)15-10(14-8)16-12/h4-5,17H,6,12H2,1-3H3,(H2,13,14,15,16). The molecule has 0 unspecified atom stereocenters. The SMILES string of the molecule is CC(C)(CNc1nc(NN)nc2sccc12)NS(C)(=O)=O. The van der Waals surface area contributed by atoms with Crippen molar-refractivity contribution in [3.05, 3.63) is 11.4 Å². The zero-order chi connectivity index (χ0) is 15.7. The van der Waals surface area contributed by atoms with Crippen LogP contribution in [-0.4, -0.2) is 36.7 Å². The van der Waals surface area contributed by atoms with Crippen molar-refractivity contribution in [3.63, 3.8) is 0 Å². The van der Waals surface area contributed by atoms with E-state index in [4.69, 9.17) is 5.84 Å². The Bertz CT molecular complexity index is 740. The number of rotatable bonds is 6. The molecule has 0 spiro atoms. The average Bonchev–Trinajstić information content (AvgIpc) is 2.80. The van der Waals surface area contributed by atoms with E-state index in [1.807, 2.05) is 11.4 Å². The van der Waals surface area contributed by atoms with Gasteiger partial charge in [-0.25, -0.2) is 24.0 Å². The first kappa shape index (κ1) is 15.9. The summed E-state index contributed by atoms with van der Waals surface area (Å²) in [7, 11) is -3.28. The smallest absolute Gasteiger partial charge is 0.240 e. The molecule has 0 aromatic carbocycles. The van der Waals surface area contributed by atoms with Gasteiger partial charge >= 0.3 is 0 Å². The maximum atomic E-state index is 11.3. The third-order valence-corrected chi connectivity index (χ3v) is 4.34. The van der Waals surface area contributed by atoms with E-state index in [0.29, 0.717) is 18.3 Å². The molecule has 0 atom stereocenters. The number of nitrogen functional groups attached to an aromatic ring is 1. The van der Waals surface area contributed by atoms with Gasteiger partial charge in [-0.2, -0.15) is 4.98 Å². The van der Waals surface area contributed by atoms with E-state index in [2.05, 4.69) is 25.4 Å². The number of fused-ring (bicyclic) bond motifs is 1. The summed E-state index contributed by atoms with van der Waals surface area (Å²) in [4.78, 5) is 9.30. The minimum absolute atomic E-state index is 0.307. The van der Waals surface area contributed by atoms with E-state index < -0.39 is 15.6 Å². The summed E-state index contributed by atoms with van der Waals surface area (Å²) in [5.74, 6) is 6.27. The van der Waals surface area contributed by atoms with E-state index in [1.165, 1.54) is 11.3 Å². The molecule has 2 rings (SSSR count). The van der Waals surface area contributed by atoms with Gasteiger partial charge in [0.15, 0.2) is 0 Å². The first-order chi connectivity index (χ1) is 9.70. The van der Waals surface area contributed by atoms with Crippen LogP contribution in [0.25, 0.3) is 10.2 Å². The molecular weight excluding hydrogens is 312 g/mol. The van der Waals surface area contributed by atoms with Gasteiger partial charge < -0.3 is 5.32 Å². The van der Waals surface area contributed by atoms with Gasteiger partial charge in [0.1, 0.15) is 10.6 Å². The van der Waals surface area contributed by atoms with E-state index in [0.717, 1.165) is 16.5 Å². The molecule has 5 N–H and O–H groups in total. The lowest BCUT2D eigenvalue weighted by molar-refractivity contribution is 0.476. The molecule has 2 aromatic rings. The minimum Gasteiger partial charge on any atom is -0.367 e. The fourth-order valence-electron chi connectivity index (χ4n) is 1.90. The van der Waals surface area contributed by atoms with Crippen molar-refractivity contribution < 1.29 is 8.42 Å². The van der Waals surface area contributed by atoms with Crippen LogP contribution in [0.1, 0.15) is 13.8 Å². The summed E-state index contributed by atoms with van der Waals surface area (Å²) in [5, 5.41) is 5.92. The summed E-state index contributed by atoms with van der Waals surface area (Å²) in [6.45, 7) is 3.94. The number of hydrogen-bond acceptors (Lipinski definition) is 8. The Morgan fingerprint density at radius 1 is 1.38 bits per heavy atom. The summed E-state index contributed by atoms with van der Waals surface area (Å²) in [6, 6.07) is 1.90. The second-order valence-electron chi connectivity index (χ2n) is 5.29. The first-order valence-electron chi connectivity index (χ1n) is 6.15. The molecule has 0 aliphatic heterocycles. The number of sulfonamides is 1. The van der Waals surface area contributed by atoms with Crippen LogP contribution in [0, 0.1) is 0 Å². The van der Waals surface area contributed by atoms with Crippen molar-refractivity contribution in [2.45, 2.75) is 19.4 Å². The van der Waals surface area contributed by atoms with Crippen molar-refractivity contribution >= 4 is 43.3 Å². The number of aromatic nitrogens is 2. The number of hydrazine groups is 1. The average molecular weight is 330 g/mol. The van der Waals surface area contributed by atoms with Gasteiger partial charge in [0.2, 0.25) is 16.0 Å². The highest BCUT2D eigenvalue weighted by atomic mass is 32.2. The molecule has 0 aliphatic carbocycles. The molecular formula is C11H18N6O2S2. The molecule has 8 nitrogen and oxygen atoms in total. The van der Waals surface area contributed by atoms with E-state index in [-0.39, 0.29) is 0 Å². The Balaban J connectivity index is 2.21. The van der Waals surface area contributed by atoms with Gasteiger partial charge in [-0.15, -0.1) is 11.3 Å². The lowest BCUT2D eigenvalue weighted by Crippen LogP contribution is -2.47. The number of nitrogens with zero attached hydrogens (tertiary/aromatic N) is 2. The van der Waals surface area contributed by atoms with Gasteiger partial charge in [-0.1, -0.05) is 0 Å². The lowest BCUT2D eigenvalue weighted by Gasteiger charge is -2.25. The number of nitrogens with two attached hydrogens (primary N) is 1. The quantitative estimate of drug-likeness (QED) is 0.454. The van der Waals surface area contributed by atoms with Crippen LogP contribution in [0.15, 0.2) is 11.4 Å². The Kier molecular flexibility index (Phi) is 4.33. The van der Waals surface area contributed by atoms with Crippen molar-refractivity contribution in [2.75, 3.05) is 23.5 Å².